The molecule has 0 spiro atoms. The number of halogens is 1. The molecule has 0 amide bonds. The van der Waals surface area contributed by atoms with Crippen LogP contribution in [0.2, 0.25) is 0 Å². The summed E-state index contributed by atoms with van der Waals surface area (Å²) in [5.74, 6) is 0.0605. The quantitative estimate of drug-likeness (QED) is 0.809. The van der Waals surface area contributed by atoms with Gasteiger partial charge in [-0.05, 0) is 30.0 Å². The molecule has 1 unspecified atom stereocenters. The Labute approximate surface area is 107 Å². The second kappa shape index (κ2) is 6.15. The maximum Gasteiger partial charge on any atom is 0.212 e. The first-order valence-corrected chi connectivity index (χ1v) is 6.16. The summed E-state index contributed by atoms with van der Waals surface area (Å²) in [6.07, 6.45) is 2.55. The summed E-state index contributed by atoms with van der Waals surface area (Å²) < 4.78 is 12.6. The van der Waals surface area contributed by atoms with Crippen LogP contribution in [0, 0.1) is 5.95 Å². The lowest BCUT2D eigenvalue weighted by Crippen LogP contribution is -2.06. The molecular formula is C15H17FN2. The summed E-state index contributed by atoms with van der Waals surface area (Å²) >= 11 is 0. The molecule has 1 heterocycles. The molecular weight excluding hydrogens is 227 g/mol. The highest BCUT2D eigenvalue weighted by atomic mass is 19.1. The average molecular weight is 244 g/mol. The summed E-state index contributed by atoms with van der Waals surface area (Å²) in [4.78, 5) is 3.61. The van der Waals surface area contributed by atoms with Crippen molar-refractivity contribution >= 4 is 5.69 Å². The van der Waals surface area contributed by atoms with Crippen molar-refractivity contribution in [1.29, 1.82) is 0 Å². The minimum atomic E-state index is -0.446. The van der Waals surface area contributed by atoms with Crippen LogP contribution in [-0.2, 0) is 0 Å². The summed E-state index contributed by atoms with van der Waals surface area (Å²) in [5.41, 5.74) is 2.20. The van der Waals surface area contributed by atoms with Gasteiger partial charge in [0.2, 0.25) is 5.95 Å². The Morgan fingerprint density at radius 2 is 1.94 bits per heavy atom. The monoisotopic (exact) mass is 244 g/mol. The highest BCUT2D eigenvalue weighted by Crippen LogP contribution is 2.18. The van der Waals surface area contributed by atoms with E-state index in [1.54, 1.807) is 6.07 Å². The number of hydrogen-bond acceptors (Lipinski definition) is 2. The molecule has 94 valence electrons. The van der Waals surface area contributed by atoms with Gasteiger partial charge in [-0.15, -0.1) is 0 Å². The maximum atomic E-state index is 12.6. The van der Waals surface area contributed by atoms with Crippen molar-refractivity contribution in [3.05, 3.63) is 60.2 Å². The zero-order valence-corrected chi connectivity index (χ0v) is 10.4. The molecule has 0 radical (unpaired) electrons. The molecule has 0 bridgehead atoms. The third-order valence-corrected chi connectivity index (χ3v) is 3.00. The fraction of sp³-hybridized carbons (Fsp3) is 0.267. The van der Waals surface area contributed by atoms with Crippen LogP contribution in [0.1, 0.15) is 24.8 Å². The van der Waals surface area contributed by atoms with Gasteiger partial charge in [-0.2, -0.15) is 4.39 Å². The predicted molar refractivity (Wildman–Crippen MR) is 72.2 cm³/mol. The van der Waals surface area contributed by atoms with Gasteiger partial charge in [0.15, 0.2) is 0 Å². The first kappa shape index (κ1) is 12.6. The van der Waals surface area contributed by atoms with Crippen LogP contribution in [0.15, 0.2) is 48.7 Å². The Hall–Kier alpha value is -1.90. The molecule has 18 heavy (non-hydrogen) atoms. The number of rotatable bonds is 5. The highest BCUT2D eigenvalue weighted by molar-refractivity contribution is 5.39. The fourth-order valence-corrected chi connectivity index (χ4v) is 1.86. The molecule has 2 rings (SSSR count). The molecule has 0 saturated carbocycles. The van der Waals surface area contributed by atoms with Gasteiger partial charge in [-0.25, -0.2) is 4.98 Å². The second-order valence-corrected chi connectivity index (χ2v) is 4.40. The number of pyridine rings is 1. The van der Waals surface area contributed by atoms with Gasteiger partial charge in [0.05, 0.1) is 11.9 Å². The number of nitrogens with one attached hydrogen (secondary N) is 1. The molecule has 2 aromatic rings. The van der Waals surface area contributed by atoms with E-state index in [2.05, 4.69) is 41.5 Å². The Kier molecular flexibility index (Phi) is 4.29. The van der Waals surface area contributed by atoms with Crippen molar-refractivity contribution in [2.24, 2.45) is 0 Å². The predicted octanol–water partition coefficient (Wildman–Crippen LogP) is 3.83. The van der Waals surface area contributed by atoms with E-state index in [-0.39, 0.29) is 0 Å². The Morgan fingerprint density at radius 3 is 2.61 bits per heavy atom. The number of hydrogen-bond donors (Lipinski definition) is 1. The van der Waals surface area contributed by atoms with E-state index in [0.29, 0.717) is 5.92 Å². The van der Waals surface area contributed by atoms with Crippen LogP contribution in [0.25, 0.3) is 0 Å². The van der Waals surface area contributed by atoms with Crippen molar-refractivity contribution in [3.8, 4) is 0 Å². The minimum Gasteiger partial charge on any atom is -0.384 e. The van der Waals surface area contributed by atoms with Crippen LogP contribution >= 0.6 is 0 Å². The van der Waals surface area contributed by atoms with Gasteiger partial charge in [0.1, 0.15) is 0 Å². The molecule has 2 nitrogen and oxygen atoms in total. The molecule has 0 aliphatic rings. The summed E-state index contributed by atoms with van der Waals surface area (Å²) in [6.45, 7) is 3.06. The van der Waals surface area contributed by atoms with Crippen molar-refractivity contribution in [2.45, 2.75) is 19.3 Å². The number of nitrogens with zero attached hydrogens (tertiary/aromatic N) is 1. The van der Waals surface area contributed by atoms with Gasteiger partial charge in [-0.3, -0.25) is 0 Å². The van der Waals surface area contributed by atoms with Gasteiger partial charge >= 0.3 is 0 Å². The third kappa shape index (κ3) is 3.55. The largest absolute Gasteiger partial charge is 0.384 e. The van der Waals surface area contributed by atoms with E-state index in [4.69, 9.17) is 0 Å². The normalized spacial score (nSPS) is 12.1. The lowest BCUT2D eigenvalue weighted by Gasteiger charge is -2.12. The maximum absolute atomic E-state index is 12.6. The Morgan fingerprint density at radius 1 is 1.17 bits per heavy atom. The van der Waals surface area contributed by atoms with Crippen molar-refractivity contribution < 1.29 is 4.39 Å². The SMILES string of the molecule is CC(CCNc1ccc(F)nc1)c1ccccc1. The van der Waals surface area contributed by atoms with Gasteiger partial charge in [-0.1, -0.05) is 37.3 Å². The molecule has 0 saturated heterocycles. The van der Waals surface area contributed by atoms with Crippen molar-refractivity contribution in [1.82, 2.24) is 4.98 Å². The van der Waals surface area contributed by atoms with E-state index in [0.717, 1.165) is 18.7 Å². The zero-order valence-electron chi connectivity index (χ0n) is 10.4. The fourth-order valence-electron chi connectivity index (χ4n) is 1.86. The van der Waals surface area contributed by atoms with Crippen LogP contribution < -0.4 is 5.32 Å². The smallest absolute Gasteiger partial charge is 0.212 e. The third-order valence-electron chi connectivity index (χ3n) is 3.00. The van der Waals surface area contributed by atoms with Crippen LogP contribution in [-0.4, -0.2) is 11.5 Å². The number of aromatic nitrogens is 1. The summed E-state index contributed by atoms with van der Waals surface area (Å²) in [5, 5.41) is 3.24. The topological polar surface area (TPSA) is 24.9 Å². The summed E-state index contributed by atoms with van der Waals surface area (Å²) in [7, 11) is 0. The molecule has 1 aromatic carbocycles. The van der Waals surface area contributed by atoms with E-state index >= 15 is 0 Å². The standard InChI is InChI=1S/C15H17FN2/c1-12(13-5-3-2-4-6-13)9-10-17-14-7-8-15(16)18-11-14/h2-8,11-12,17H,9-10H2,1H3. The van der Waals surface area contributed by atoms with Crippen LogP contribution in [0.4, 0.5) is 10.1 Å². The Bertz CT molecular complexity index is 468. The van der Waals surface area contributed by atoms with Crippen LogP contribution in [0.5, 0.6) is 0 Å². The van der Waals surface area contributed by atoms with E-state index < -0.39 is 5.95 Å². The van der Waals surface area contributed by atoms with Gasteiger partial charge < -0.3 is 5.32 Å². The molecule has 1 N–H and O–H groups in total. The van der Waals surface area contributed by atoms with E-state index in [9.17, 15) is 4.39 Å². The molecule has 1 atom stereocenters. The molecule has 0 aliphatic heterocycles. The molecule has 0 fully saturated rings. The van der Waals surface area contributed by atoms with Gasteiger partial charge in [0.25, 0.3) is 0 Å². The highest BCUT2D eigenvalue weighted by Gasteiger charge is 2.04. The first-order chi connectivity index (χ1) is 8.75. The molecule has 0 aliphatic carbocycles. The minimum absolute atomic E-state index is 0.446. The van der Waals surface area contributed by atoms with Crippen molar-refractivity contribution in [2.75, 3.05) is 11.9 Å². The number of benzene rings is 1. The van der Waals surface area contributed by atoms with E-state index in [1.807, 2.05) is 6.07 Å². The van der Waals surface area contributed by atoms with Crippen molar-refractivity contribution in [3.63, 3.8) is 0 Å². The average Bonchev–Trinajstić information content (AvgIpc) is 2.42. The second-order valence-electron chi connectivity index (χ2n) is 4.40. The Balaban J connectivity index is 1.80. The molecule has 1 aromatic heterocycles. The first-order valence-electron chi connectivity index (χ1n) is 6.16. The van der Waals surface area contributed by atoms with Gasteiger partial charge in [0, 0.05) is 6.54 Å². The number of anilines is 1. The zero-order chi connectivity index (χ0) is 12.8. The van der Waals surface area contributed by atoms with Crippen LogP contribution in [0.3, 0.4) is 0 Å². The molecule has 3 heteroatoms. The lowest BCUT2D eigenvalue weighted by molar-refractivity contribution is 0.584. The summed E-state index contributed by atoms with van der Waals surface area (Å²) in [6, 6.07) is 13.5. The lowest BCUT2D eigenvalue weighted by atomic mass is 9.98. The van der Waals surface area contributed by atoms with E-state index in [1.165, 1.54) is 17.8 Å².